The lowest BCUT2D eigenvalue weighted by atomic mass is 10.1. The Morgan fingerprint density at radius 3 is 2.21 bits per heavy atom. The molecule has 0 radical (unpaired) electrons. The van der Waals surface area contributed by atoms with E-state index in [0.29, 0.717) is 35.1 Å². The normalized spacial score (nSPS) is 14.6. The van der Waals surface area contributed by atoms with Crippen molar-refractivity contribution >= 4 is 17.9 Å². The van der Waals surface area contributed by atoms with Crippen LogP contribution in [0.5, 0.6) is 17.2 Å². The zero-order valence-electron chi connectivity index (χ0n) is 16.4. The van der Waals surface area contributed by atoms with Crippen molar-refractivity contribution in [2.45, 2.75) is 19.8 Å². The van der Waals surface area contributed by atoms with Gasteiger partial charge in [0.1, 0.15) is 5.75 Å². The highest BCUT2D eigenvalue weighted by Gasteiger charge is 2.23. The second kappa shape index (κ2) is 8.61. The third-order valence-corrected chi connectivity index (χ3v) is 4.44. The van der Waals surface area contributed by atoms with Crippen LogP contribution in [-0.2, 0) is 16.0 Å². The number of aryl methyl sites for hydroxylation is 2. The number of benzene rings is 2. The number of hydrogen-bond acceptors (Lipinski definition) is 6. The number of hydrogen-bond donors (Lipinski definition) is 0. The van der Waals surface area contributed by atoms with Gasteiger partial charge in [-0.1, -0.05) is 29.8 Å². The molecule has 6 heteroatoms. The molecule has 0 saturated heterocycles. The molecule has 2 aromatic carbocycles. The predicted molar refractivity (Wildman–Crippen MR) is 107 cm³/mol. The van der Waals surface area contributed by atoms with Crippen LogP contribution in [-0.4, -0.2) is 33.2 Å². The molecule has 3 rings (SSSR count). The van der Waals surface area contributed by atoms with E-state index >= 15 is 0 Å². The lowest BCUT2D eigenvalue weighted by molar-refractivity contribution is -0.130. The zero-order valence-corrected chi connectivity index (χ0v) is 16.4. The topological polar surface area (TPSA) is 66.3 Å². The fraction of sp³-hybridized carbons (Fsp3) is 0.273. The third-order valence-electron chi connectivity index (χ3n) is 4.44. The summed E-state index contributed by atoms with van der Waals surface area (Å²) in [5, 5.41) is 0. The number of rotatable bonds is 7. The SMILES string of the molecule is COc1cc(OC)c(OC)cc1/C=C1\N=C(CCc2ccc(C)cc2)OC1=O. The Morgan fingerprint density at radius 1 is 0.929 bits per heavy atom. The molecule has 1 aliphatic heterocycles. The molecule has 0 spiro atoms. The zero-order chi connectivity index (χ0) is 20.1. The molecule has 0 N–H and O–H groups in total. The van der Waals surface area contributed by atoms with E-state index in [-0.39, 0.29) is 5.70 Å². The van der Waals surface area contributed by atoms with E-state index in [1.54, 1.807) is 39.5 Å². The molecule has 0 amide bonds. The Morgan fingerprint density at radius 2 is 1.57 bits per heavy atom. The van der Waals surface area contributed by atoms with Crippen LogP contribution in [0.4, 0.5) is 0 Å². The molecule has 0 aromatic heterocycles. The molecule has 28 heavy (non-hydrogen) atoms. The number of aliphatic imine (C=N–C) groups is 1. The van der Waals surface area contributed by atoms with Crippen molar-refractivity contribution in [3.63, 3.8) is 0 Å². The number of nitrogens with zero attached hydrogens (tertiary/aromatic N) is 1. The smallest absolute Gasteiger partial charge is 0.363 e. The van der Waals surface area contributed by atoms with Crippen molar-refractivity contribution in [2.24, 2.45) is 4.99 Å². The Hall–Kier alpha value is -3.28. The summed E-state index contributed by atoms with van der Waals surface area (Å²) in [6.45, 7) is 2.05. The number of carbonyl (C=O) groups is 1. The molecule has 0 fully saturated rings. The summed E-state index contributed by atoms with van der Waals surface area (Å²) in [5.74, 6) is 1.55. The highest BCUT2D eigenvalue weighted by Crippen LogP contribution is 2.36. The van der Waals surface area contributed by atoms with E-state index in [9.17, 15) is 4.79 Å². The second-order valence-electron chi connectivity index (χ2n) is 6.36. The standard InChI is InChI=1S/C22H23NO5/c1-14-5-7-15(8-6-14)9-10-21-23-17(22(24)28-21)11-16-12-19(26-3)20(27-4)13-18(16)25-2/h5-8,11-13H,9-10H2,1-4H3/b17-11-. The molecule has 1 aliphatic rings. The van der Waals surface area contributed by atoms with E-state index in [2.05, 4.69) is 29.3 Å². The Labute approximate surface area is 164 Å². The molecule has 146 valence electrons. The summed E-state index contributed by atoms with van der Waals surface area (Å²) >= 11 is 0. The first-order valence-corrected chi connectivity index (χ1v) is 8.91. The van der Waals surface area contributed by atoms with E-state index in [0.717, 1.165) is 6.42 Å². The maximum atomic E-state index is 12.2. The molecular formula is C22H23NO5. The van der Waals surface area contributed by atoms with Gasteiger partial charge in [0.05, 0.1) is 21.3 Å². The number of esters is 1. The molecule has 0 aliphatic carbocycles. The van der Waals surface area contributed by atoms with Crippen molar-refractivity contribution in [3.8, 4) is 17.2 Å². The van der Waals surface area contributed by atoms with Crippen LogP contribution >= 0.6 is 0 Å². The van der Waals surface area contributed by atoms with Crippen LogP contribution in [0.1, 0.15) is 23.1 Å². The Kier molecular flexibility index (Phi) is 5.99. The molecule has 0 bridgehead atoms. The molecule has 0 atom stereocenters. The van der Waals surface area contributed by atoms with E-state index in [1.165, 1.54) is 11.1 Å². The van der Waals surface area contributed by atoms with Gasteiger partial charge < -0.3 is 18.9 Å². The van der Waals surface area contributed by atoms with Crippen LogP contribution in [0.15, 0.2) is 47.1 Å². The van der Waals surface area contributed by atoms with Crippen LogP contribution < -0.4 is 14.2 Å². The van der Waals surface area contributed by atoms with Gasteiger partial charge in [-0.05, 0) is 31.1 Å². The minimum atomic E-state index is -0.476. The summed E-state index contributed by atoms with van der Waals surface area (Å²) in [6.07, 6.45) is 2.93. The van der Waals surface area contributed by atoms with Gasteiger partial charge in [-0.2, -0.15) is 0 Å². The highest BCUT2D eigenvalue weighted by molar-refractivity contribution is 6.07. The third kappa shape index (κ3) is 4.34. The lowest BCUT2D eigenvalue weighted by Crippen LogP contribution is -2.05. The first kappa shape index (κ1) is 19.5. The van der Waals surface area contributed by atoms with Gasteiger partial charge >= 0.3 is 5.97 Å². The number of carbonyl (C=O) groups excluding carboxylic acids is 1. The van der Waals surface area contributed by atoms with Gasteiger partial charge in [0, 0.05) is 18.1 Å². The van der Waals surface area contributed by atoms with Gasteiger partial charge in [0.15, 0.2) is 23.1 Å². The van der Waals surface area contributed by atoms with Gasteiger partial charge in [-0.15, -0.1) is 0 Å². The second-order valence-corrected chi connectivity index (χ2v) is 6.36. The van der Waals surface area contributed by atoms with Crippen molar-refractivity contribution in [2.75, 3.05) is 21.3 Å². The monoisotopic (exact) mass is 381 g/mol. The molecule has 0 saturated carbocycles. The van der Waals surface area contributed by atoms with Crippen molar-refractivity contribution in [3.05, 3.63) is 58.8 Å². The van der Waals surface area contributed by atoms with Crippen molar-refractivity contribution in [1.29, 1.82) is 0 Å². The van der Waals surface area contributed by atoms with Gasteiger partial charge in [0.2, 0.25) is 0 Å². The Bertz CT molecular complexity index is 929. The van der Waals surface area contributed by atoms with E-state index in [1.807, 2.05) is 6.92 Å². The van der Waals surface area contributed by atoms with E-state index < -0.39 is 5.97 Å². The first-order chi connectivity index (χ1) is 13.5. The number of methoxy groups -OCH3 is 3. The summed E-state index contributed by atoms with van der Waals surface area (Å²) in [5.41, 5.74) is 3.26. The van der Waals surface area contributed by atoms with Crippen LogP contribution in [0.3, 0.4) is 0 Å². The molecule has 2 aromatic rings. The summed E-state index contributed by atoms with van der Waals surface area (Å²) in [4.78, 5) is 16.6. The van der Waals surface area contributed by atoms with Crippen LogP contribution in [0, 0.1) is 6.92 Å². The van der Waals surface area contributed by atoms with Gasteiger partial charge in [-0.3, -0.25) is 0 Å². The largest absolute Gasteiger partial charge is 0.496 e. The maximum Gasteiger partial charge on any atom is 0.363 e. The van der Waals surface area contributed by atoms with Crippen LogP contribution in [0.25, 0.3) is 6.08 Å². The quantitative estimate of drug-likeness (QED) is 0.537. The van der Waals surface area contributed by atoms with Gasteiger partial charge in [0.25, 0.3) is 0 Å². The minimum Gasteiger partial charge on any atom is -0.496 e. The number of ether oxygens (including phenoxy) is 4. The fourth-order valence-electron chi connectivity index (χ4n) is 2.88. The molecule has 0 unspecified atom stereocenters. The minimum absolute atomic E-state index is 0.226. The summed E-state index contributed by atoms with van der Waals surface area (Å²) in [7, 11) is 4.65. The number of cyclic esters (lactones) is 1. The van der Waals surface area contributed by atoms with Crippen LogP contribution in [0.2, 0.25) is 0 Å². The average molecular weight is 381 g/mol. The maximum absolute atomic E-state index is 12.2. The van der Waals surface area contributed by atoms with Crippen molar-refractivity contribution in [1.82, 2.24) is 0 Å². The fourth-order valence-corrected chi connectivity index (χ4v) is 2.88. The molecule has 1 heterocycles. The first-order valence-electron chi connectivity index (χ1n) is 8.91. The highest BCUT2D eigenvalue weighted by atomic mass is 16.6. The van der Waals surface area contributed by atoms with E-state index in [4.69, 9.17) is 18.9 Å². The van der Waals surface area contributed by atoms with Crippen molar-refractivity contribution < 1.29 is 23.7 Å². The Balaban J connectivity index is 1.81. The summed E-state index contributed by atoms with van der Waals surface area (Å²) in [6, 6.07) is 11.7. The lowest BCUT2D eigenvalue weighted by Gasteiger charge is -2.12. The molecule has 6 nitrogen and oxygen atoms in total. The van der Waals surface area contributed by atoms with Gasteiger partial charge in [-0.25, -0.2) is 9.79 Å². The average Bonchev–Trinajstić information content (AvgIpc) is 3.06. The summed E-state index contributed by atoms with van der Waals surface area (Å²) < 4.78 is 21.3. The molecular weight excluding hydrogens is 358 g/mol. The predicted octanol–water partition coefficient (Wildman–Crippen LogP) is 3.95.